The van der Waals surface area contributed by atoms with Crippen LogP contribution in [0, 0.1) is 5.41 Å². The van der Waals surface area contributed by atoms with Crippen molar-refractivity contribution in [3.05, 3.63) is 35.4 Å². The first-order valence-electron chi connectivity index (χ1n) is 7.36. The van der Waals surface area contributed by atoms with Crippen molar-refractivity contribution in [1.82, 2.24) is 5.32 Å². The Morgan fingerprint density at radius 1 is 1.05 bits per heavy atom. The minimum atomic E-state index is -4.28. The second kappa shape index (κ2) is 6.39. The summed E-state index contributed by atoms with van der Waals surface area (Å²) in [7, 11) is 0. The molecule has 1 aromatic rings. The van der Waals surface area contributed by atoms with Gasteiger partial charge in [-0.25, -0.2) is 0 Å². The first kappa shape index (κ1) is 18.0. The summed E-state index contributed by atoms with van der Waals surface area (Å²) >= 11 is 0. The average molecular weight is 301 g/mol. The van der Waals surface area contributed by atoms with Crippen LogP contribution in [0.1, 0.15) is 52.2 Å². The van der Waals surface area contributed by atoms with Crippen LogP contribution >= 0.6 is 0 Å². The van der Waals surface area contributed by atoms with E-state index >= 15 is 0 Å². The molecule has 1 unspecified atom stereocenters. The first-order chi connectivity index (χ1) is 9.45. The summed E-state index contributed by atoms with van der Waals surface area (Å²) in [6.45, 7) is 11.3. The topological polar surface area (TPSA) is 12.0 Å². The average Bonchev–Trinajstić information content (AvgIpc) is 2.35. The molecule has 0 aliphatic heterocycles. The normalized spacial score (nSPS) is 15.8. The van der Waals surface area contributed by atoms with Crippen LogP contribution in [0.25, 0.3) is 0 Å². The third kappa shape index (κ3) is 6.08. The van der Waals surface area contributed by atoms with Crippen molar-refractivity contribution in [3.8, 4) is 0 Å². The highest BCUT2D eigenvalue weighted by Gasteiger charge is 2.31. The van der Waals surface area contributed by atoms with Crippen molar-refractivity contribution < 1.29 is 13.2 Å². The molecule has 0 bridgehead atoms. The molecule has 0 aliphatic carbocycles. The molecule has 1 nitrogen and oxygen atoms in total. The van der Waals surface area contributed by atoms with Gasteiger partial charge in [-0.05, 0) is 50.7 Å². The zero-order chi connectivity index (χ0) is 16.3. The third-order valence-electron chi connectivity index (χ3n) is 3.78. The fraction of sp³-hybridized carbons (Fsp3) is 0.647. The summed E-state index contributed by atoms with van der Waals surface area (Å²) in [6.07, 6.45) is -2.73. The molecule has 0 spiro atoms. The van der Waals surface area contributed by atoms with E-state index in [9.17, 15) is 13.2 Å². The van der Waals surface area contributed by atoms with Crippen LogP contribution < -0.4 is 5.32 Å². The predicted molar refractivity (Wildman–Crippen MR) is 81.3 cm³/mol. The van der Waals surface area contributed by atoms with Crippen LogP contribution in [-0.4, -0.2) is 12.1 Å². The van der Waals surface area contributed by atoms with Gasteiger partial charge in [0.2, 0.25) is 0 Å². The van der Waals surface area contributed by atoms with E-state index in [0.717, 1.165) is 24.6 Å². The van der Waals surface area contributed by atoms with E-state index in [1.54, 1.807) is 6.07 Å². The summed E-state index contributed by atoms with van der Waals surface area (Å²) in [5, 5.41) is 3.46. The van der Waals surface area contributed by atoms with Crippen molar-refractivity contribution in [2.45, 2.75) is 59.2 Å². The fourth-order valence-electron chi connectivity index (χ4n) is 2.14. The molecule has 0 fully saturated rings. The molecule has 1 aromatic carbocycles. The maximum Gasteiger partial charge on any atom is 0.416 e. The van der Waals surface area contributed by atoms with Crippen LogP contribution in [0.2, 0.25) is 0 Å². The molecule has 0 radical (unpaired) electrons. The molecule has 1 N–H and O–H groups in total. The van der Waals surface area contributed by atoms with Gasteiger partial charge in [0.05, 0.1) is 5.56 Å². The molecule has 0 aliphatic rings. The molecule has 21 heavy (non-hydrogen) atoms. The number of benzene rings is 1. The lowest BCUT2D eigenvalue weighted by Crippen LogP contribution is -2.43. The number of rotatable bonds is 5. The quantitative estimate of drug-likeness (QED) is 0.802. The Hall–Kier alpha value is -1.03. The van der Waals surface area contributed by atoms with Crippen molar-refractivity contribution in [2.75, 3.05) is 6.54 Å². The predicted octanol–water partition coefficient (Wildman–Crippen LogP) is 5.05. The largest absolute Gasteiger partial charge is 0.416 e. The molecule has 0 aromatic heterocycles. The molecule has 1 atom stereocenters. The Balaban J connectivity index is 2.86. The Labute approximate surface area is 125 Å². The van der Waals surface area contributed by atoms with E-state index in [2.05, 4.69) is 39.9 Å². The van der Waals surface area contributed by atoms with Gasteiger partial charge in [0.1, 0.15) is 0 Å². The number of nitrogens with one attached hydrogen (secondary N) is 1. The van der Waals surface area contributed by atoms with Gasteiger partial charge in [-0.3, -0.25) is 0 Å². The SMILES string of the molecule is CCC(C)(CNC(C)(C)C)Cc1cccc(C(F)(F)F)c1. The van der Waals surface area contributed by atoms with E-state index in [1.807, 2.05) is 0 Å². The van der Waals surface area contributed by atoms with Gasteiger partial charge < -0.3 is 5.32 Å². The zero-order valence-electron chi connectivity index (χ0n) is 13.6. The Kier molecular flexibility index (Phi) is 5.48. The summed E-state index contributed by atoms with van der Waals surface area (Å²) in [6, 6.07) is 5.66. The number of alkyl halides is 3. The third-order valence-corrected chi connectivity index (χ3v) is 3.78. The number of hydrogen-bond donors (Lipinski definition) is 1. The summed E-state index contributed by atoms with van der Waals surface area (Å²) in [4.78, 5) is 0. The van der Waals surface area contributed by atoms with E-state index < -0.39 is 11.7 Å². The lowest BCUT2D eigenvalue weighted by Gasteiger charge is -2.33. The standard InChI is InChI=1S/C17H26F3N/c1-6-16(5,12-21-15(2,3)4)11-13-8-7-9-14(10-13)17(18,19)20/h7-10,21H,6,11-12H2,1-5H3. The lowest BCUT2D eigenvalue weighted by atomic mass is 9.80. The molecule has 4 heteroatoms. The van der Waals surface area contributed by atoms with Gasteiger partial charge in [0.15, 0.2) is 0 Å². The monoisotopic (exact) mass is 301 g/mol. The highest BCUT2D eigenvalue weighted by Crippen LogP contribution is 2.32. The van der Waals surface area contributed by atoms with Crippen LogP contribution in [-0.2, 0) is 12.6 Å². The maximum absolute atomic E-state index is 12.8. The van der Waals surface area contributed by atoms with Gasteiger partial charge in [-0.1, -0.05) is 32.0 Å². The van der Waals surface area contributed by atoms with Gasteiger partial charge in [-0.2, -0.15) is 13.2 Å². The van der Waals surface area contributed by atoms with E-state index in [-0.39, 0.29) is 11.0 Å². The van der Waals surface area contributed by atoms with Gasteiger partial charge in [-0.15, -0.1) is 0 Å². The molecule has 1 rings (SSSR count). The van der Waals surface area contributed by atoms with Gasteiger partial charge >= 0.3 is 6.18 Å². The highest BCUT2D eigenvalue weighted by atomic mass is 19.4. The second-order valence-corrected chi connectivity index (χ2v) is 7.14. The van der Waals surface area contributed by atoms with Gasteiger partial charge in [0, 0.05) is 12.1 Å². The molecule has 0 amide bonds. The highest BCUT2D eigenvalue weighted by molar-refractivity contribution is 5.26. The smallest absolute Gasteiger partial charge is 0.312 e. The molecule has 0 saturated heterocycles. The van der Waals surface area contributed by atoms with Crippen molar-refractivity contribution >= 4 is 0 Å². The maximum atomic E-state index is 12.8. The Morgan fingerprint density at radius 2 is 1.67 bits per heavy atom. The van der Waals surface area contributed by atoms with Gasteiger partial charge in [0.25, 0.3) is 0 Å². The Morgan fingerprint density at radius 3 is 2.14 bits per heavy atom. The van der Waals surface area contributed by atoms with Crippen LogP contribution in [0.5, 0.6) is 0 Å². The van der Waals surface area contributed by atoms with Crippen molar-refractivity contribution in [3.63, 3.8) is 0 Å². The summed E-state index contributed by atoms with van der Waals surface area (Å²) in [5.41, 5.74) is 0.119. The van der Waals surface area contributed by atoms with Crippen LogP contribution in [0.3, 0.4) is 0 Å². The van der Waals surface area contributed by atoms with Crippen LogP contribution in [0.4, 0.5) is 13.2 Å². The molecule has 120 valence electrons. The number of halogens is 3. The van der Waals surface area contributed by atoms with Crippen molar-refractivity contribution in [1.29, 1.82) is 0 Å². The minimum absolute atomic E-state index is 0.00421. The molecule has 0 saturated carbocycles. The minimum Gasteiger partial charge on any atom is -0.312 e. The second-order valence-electron chi connectivity index (χ2n) is 7.14. The number of hydrogen-bond acceptors (Lipinski definition) is 1. The molecule has 0 heterocycles. The molecular formula is C17H26F3N. The summed E-state index contributed by atoms with van der Waals surface area (Å²) < 4.78 is 38.3. The zero-order valence-corrected chi connectivity index (χ0v) is 13.6. The molecular weight excluding hydrogens is 275 g/mol. The van der Waals surface area contributed by atoms with E-state index in [4.69, 9.17) is 0 Å². The fourth-order valence-corrected chi connectivity index (χ4v) is 2.14. The van der Waals surface area contributed by atoms with Crippen LogP contribution in [0.15, 0.2) is 24.3 Å². The van der Waals surface area contributed by atoms with Crippen molar-refractivity contribution in [2.24, 2.45) is 5.41 Å². The van der Waals surface area contributed by atoms with E-state index in [0.29, 0.717) is 6.42 Å². The van der Waals surface area contributed by atoms with E-state index in [1.165, 1.54) is 12.1 Å². The Bertz CT molecular complexity index is 460. The first-order valence-corrected chi connectivity index (χ1v) is 7.36. The summed E-state index contributed by atoms with van der Waals surface area (Å²) in [5.74, 6) is 0. The lowest BCUT2D eigenvalue weighted by molar-refractivity contribution is -0.137.